The van der Waals surface area contributed by atoms with Crippen molar-refractivity contribution in [1.82, 2.24) is 9.80 Å². The van der Waals surface area contributed by atoms with Crippen molar-refractivity contribution in [3.63, 3.8) is 0 Å². The van der Waals surface area contributed by atoms with Crippen LogP contribution in [0.2, 0.25) is 18.5 Å². The number of hydrogen-bond acceptors (Lipinski definition) is 2. The van der Waals surface area contributed by atoms with Gasteiger partial charge in [0.25, 0.3) is 0 Å². The fraction of sp³-hybridized carbons (Fsp3) is 1.00. The molecule has 0 radical (unpaired) electrons. The molecule has 0 unspecified atom stereocenters. The molecule has 0 aromatic heterocycles. The minimum absolute atomic E-state index is 0.961. The van der Waals surface area contributed by atoms with E-state index in [4.69, 9.17) is 0 Å². The van der Waals surface area contributed by atoms with Gasteiger partial charge in [0.2, 0.25) is 0 Å². The van der Waals surface area contributed by atoms with Gasteiger partial charge in [0.05, 0.1) is 0 Å². The van der Waals surface area contributed by atoms with Gasteiger partial charge in [0.1, 0.15) is 6.71 Å². The van der Waals surface area contributed by atoms with Gasteiger partial charge in [-0.25, -0.2) is 0 Å². The SMILES string of the molecule is C1CCC(C2CCCCC2)CC1.C1CCC(C2CCCCC2)CC1.C1CCC(C2CCCCC2)CC1.C1CCC(C2CCCCC2)CC1.C1CCC(C2CCCCC2)CC1.C1CCC(C2CCCCC2)CC1.C1CCCCC1.C1CCCCC1.CN1CCB2CCN(C)CC2C1. The summed E-state index contributed by atoms with van der Waals surface area (Å²) in [7, 11) is 4.51. The second-order valence-corrected chi connectivity index (χ2v) is 37.6. The molecular formula is C93H175BN2. The van der Waals surface area contributed by atoms with Crippen LogP contribution in [0.3, 0.4) is 0 Å². The lowest BCUT2D eigenvalue weighted by Gasteiger charge is -2.41. The molecule has 2 nitrogen and oxygen atoms in total. The lowest BCUT2D eigenvalue weighted by Crippen LogP contribution is -2.48. The van der Waals surface area contributed by atoms with Gasteiger partial charge in [0, 0.05) is 0 Å². The summed E-state index contributed by atoms with van der Waals surface area (Å²) < 4.78 is 0. The summed E-state index contributed by atoms with van der Waals surface area (Å²) in [6.45, 7) is 6.34. The molecule has 14 saturated carbocycles. The fourth-order valence-corrected chi connectivity index (χ4v) is 24.1. The van der Waals surface area contributed by atoms with Crippen LogP contribution in [0.1, 0.15) is 462 Å². The van der Waals surface area contributed by atoms with Gasteiger partial charge in [-0.05, 0) is 117 Å². The molecule has 16 aliphatic rings. The molecular weight excluding hydrogens is 1160 g/mol. The molecule has 0 amide bonds. The van der Waals surface area contributed by atoms with Crippen LogP contribution in [0.5, 0.6) is 0 Å². The molecule has 0 N–H and O–H groups in total. The van der Waals surface area contributed by atoms with Gasteiger partial charge in [-0.2, -0.15) is 0 Å². The Balaban J connectivity index is 0.000000139. The van der Waals surface area contributed by atoms with Crippen molar-refractivity contribution in [2.45, 2.75) is 481 Å². The summed E-state index contributed by atoms with van der Waals surface area (Å²) >= 11 is 0. The Morgan fingerprint density at radius 1 is 0.156 bits per heavy atom. The van der Waals surface area contributed by atoms with E-state index in [1.54, 1.807) is 154 Å². The van der Waals surface area contributed by atoms with Crippen LogP contribution in [0, 0.1) is 71.0 Å². The van der Waals surface area contributed by atoms with Crippen molar-refractivity contribution in [3.8, 4) is 0 Å². The van der Waals surface area contributed by atoms with E-state index in [0.29, 0.717) is 0 Å². The van der Waals surface area contributed by atoms with Crippen LogP contribution in [-0.2, 0) is 0 Å². The molecule has 0 aromatic carbocycles. The van der Waals surface area contributed by atoms with E-state index in [1.807, 2.05) is 0 Å². The summed E-state index contributed by atoms with van der Waals surface area (Å²) in [6, 6.07) is 0. The Morgan fingerprint density at radius 2 is 0.260 bits per heavy atom. The third-order valence-electron chi connectivity index (χ3n) is 30.3. The van der Waals surface area contributed by atoms with E-state index >= 15 is 0 Å². The fourth-order valence-electron chi connectivity index (χ4n) is 24.1. The molecule has 2 heterocycles. The molecule has 14 aliphatic carbocycles. The highest BCUT2D eigenvalue weighted by Crippen LogP contribution is 2.44. The van der Waals surface area contributed by atoms with Gasteiger partial charge in [-0.1, -0.05) is 475 Å². The van der Waals surface area contributed by atoms with Crippen molar-refractivity contribution in [3.05, 3.63) is 0 Å². The van der Waals surface area contributed by atoms with Crippen LogP contribution in [-0.4, -0.2) is 56.8 Å². The van der Waals surface area contributed by atoms with Crippen LogP contribution in [0.4, 0.5) is 0 Å². The summed E-state index contributed by atoms with van der Waals surface area (Å²) in [5, 5.41) is 0. The minimum Gasteiger partial charge on any atom is -0.307 e. The third-order valence-corrected chi connectivity index (χ3v) is 30.3. The quantitative estimate of drug-likeness (QED) is 0.245. The van der Waals surface area contributed by atoms with Gasteiger partial charge < -0.3 is 9.80 Å². The molecule has 0 aromatic rings. The Kier molecular flexibility index (Phi) is 45.0. The van der Waals surface area contributed by atoms with Crippen LogP contribution < -0.4 is 0 Å². The average Bonchev–Trinajstić information content (AvgIpc) is 1.93. The van der Waals surface area contributed by atoms with Crippen molar-refractivity contribution < 1.29 is 0 Å². The zero-order valence-corrected chi connectivity index (χ0v) is 66.1. The maximum Gasteiger partial charge on any atom is 0.148 e. The van der Waals surface area contributed by atoms with Crippen molar-refractivity contribution in [2.75, 3.05) is 40.3 Å². The first-order valence-corrected chi connectivity index (χ1v) is 46.9. The Hall–Kier alpha value is -0.0151. The zero-order valence-electron chi connectivity index (χ0n) is 66.1. The molecule has 3 heteroatoms. The Bertz CT molecular complexity index is 1310. The topological polar surface area (TPSA) is 6.48 Å². The second kappa shape index (κ2) is 52.9. The average molecular weight is 1330 g/mol. The molecule has 0 bridgehead atoms. The van der Waals surface area contributed by atoms with E-state index in [1.165, 1.54) is 347 Å². The number of nitrogens with zero attached hydrogens (tertiary/aromatic N) is 2. The highest BCUT2D eigenvalue weighted by atomic mass is 15.1. The summed E-state index contributed by atoms with van der Waals surface area (Å²) in [5.74, 6) is 14.6. The smallest absolute Gasteiger partial charge is 0.148 e. The van der Waals surface area contributed by atoms with E-state index in [0.717, 1.165) is 83.5 Å². The molecule has 560 valence electrons. The number of fused-ring (bicyclic) bond motifs is 1. The highest BCUT2D eigenvalue weighted by Gasteiger charge is 2.35. The molecule has 16 fully saturated rings. The normalized spacial score (nSPS) is 28.4. The summed E-state index contributed by atoms with van der Waals surface area (Å²) in [4.78, 5) is 4.97. The monoisotopic (exact) mass is 1330 g/mol. The summed E-state index contributed by atoms with van der Waals surface area (Å²) in [6.07, 6.45) is 113. The molecule has 96 heavy (non-hydrogen) atoms. The number of hydrogen-bond donors (Lipinski definition) is 0. The predicted molar refractivity (Wildman–Crippen MR) is 428 cm³/mol. The molecule has 2 aliphatic heterocycles. The summed E-state index contributed by atoms with van der Waals surface area (Å²) in [5.41, 5.74) is 0. The molecule has 16 rings (SSSR count). The maximum absolute atomic E-state index is 2.49. The Morgan fingerprint density at radius 3 is 0.375 bits per heavy atom. The van der Waals surface area contributed by atoms with Gasteiger partial charge in [-0.3, -0.25) is 0 Å². The van der Waals surface area contributed by atoms with E-state index < -0.39 is 0 Å². The highest BCUT2D eigenvalue weighted by molar-refractivity contribution is 6.61. The van der Waals surface area contributed by atoms with Crippen molar-refractivity contribution in [2.24, 2.45) is 71.0 Å². The maximum atomic E-state index is 2.49. The first-order chi connectivity index (χ1) is 47.6. The minimum atomic E-state index is 0.961. The third kappa shape index (κ3) is 34.3. The van der Waals surface area contributed by atoms with Gasteiger partial charge in [0.15, 0.2) is 0 Å². The largest absolute Gasteiger partial charge is 0.307 e. The van der Waals surface area contributed by atoms with Crippen LogP contribution >= 0.6 is 0 Å². The predicted octanol–water partition coefficient (Wildman–Crippen LogP) is 30.3. The molecule has 0 spiro atoms. The van der Waals surface area contributed by atoms with Crippen molar-refractivity contribution in [1.29, 1.82) is 0 Å². The van der Waals surface area contributed by atoms with E-state index in [9.17, 15) is 0 Å². The van der Waals surface area contributed by atoms with E-state index in [2.05, 4.69) is 23.9 Å². The van der Waals surface area contributed by atoms with Gasteiger partial charge in [-0.15, -0.1) is 0 Å². The number of rotatable bonds is 6. The lowest BCUT2D eigenvalue weighted by atomic mass is 9.34. The van der Waals surface area contributed by atoms with Crippen molar-refractivity contribution >= 4 is 6.71 Å². The lowest BCUT2D eigenvalue weighted by molar-refractivity contribution is 0.196. The second-order valence-electron chi connectivity index (χ2n) is 37.6. The van der Waals surface area contributed by atoms with Crippen LogP contribution in [0.15, 0.2) is 0 Å². The standard InChI is InChI=1S/6C12H22.C9H19BN2.2C6H12/c6*1-3-7-11(8-4-1)12-9-5-2-6-10-12;1-11-5-3-10-4-6-12(2)8-9(10)7-11;2*1-2-4-6-5-3-1/h6*11-12H,1-10H2;9H,3-8H2,1-2H3;2*1-6H2. The van der Waals surface area contributed by atoms with E-state index in [-0.39, 0.29) is 0 Å². The zero-order chi connectivity index (χ0) is 66.4. The molecule has 2 saturated heterocycles. The van der Waals surface area contributed by atoms with Crippen LogP contribution in [0.25, 0.3) is 0 Å². The first kappa shape index (κ1) is 81.7. The molecule has 0 atom stereocenters. The first-order valence-electron chi connectivity index (χ1n) is 46.9. The van der Waals surface area contributed by atoms with Gasteiger partial charge >= 0.3 is 0 Å². The Labute approximate surface area is 605 Å².